The van der Waals surface area contributed by atoms with E-state index in [9.17, 15) is 9.90 Å². The van der Waals surface area contributed by atoms with Gasteiger partial charge in [0.05, 0.1) is 11.1 Å². The lowest BCUT2D eigenvalue weighted by atomic mass is 10.1. The zero-order valence-corrected chi connectivity index (χ0v) is 22.1. The topological polar surface area (TPSA) is 100 Å². The lowest BCUT2D eigenvalue weighted by molar-refractivity contribution is 0.102. The van der Waals surface area contributed by atoms with Crippen LogP contribution in [0.5, 0.6) is 5.75 Å². The van der Waals surface area contributed by atoms with Crippen LogP contribution in [0, 0.1) is 6.92 Å². The second-order valence-electron chi connectivity index (χ2n) is 9.24. The van der Waals surface area contributed by atoms with Crippen molar-refractivity contribution in [1.29, 1.82) is 0 Å². The number of carbonyl (C=O) groups excluding carboxylic acids is 1. The summed E-state index contributed by atoms with van der Waals surface area (Å²) in [6.07, 6.45) is 1.49. The molecule has 7 nitrogen and oxygen atoms in total. The molecular formula is C30H27N5O2S. The first-order chi connectivity index (χ1) is 18.4. The number of amides is 1. The van der Waals surface area contributed by atoms with Gasteiger partial charge in [-0.2, -0.15) is 0 Å². The van der Waals surface area contributed by atoms with Gasteiger partial charge >= 0.3 is 0 Å². The number of fused-ring (bicyclic) bond motifs is 1. The normalized spacial score (nSPS) is 11.1. The van der Waals surface area contributed by atoms with Crippen molar-refractivity contribution in [1.82, 2.24) is 15.0 Å². The Bertz CT molecular complexity index is 1600. The average Bonchev–Trinajstić information content (AvgIpc) is 2.92. The Kier molecular flexibility index (Phi) is 7.24. The van der Waals surface area contributed by atoms with Crippen LogP contribution in [-0.4, -0.2) is 26.0 Å². The molecule has 5 aromatic rings. The molecule has 0 saturated carbocycles. The number of aromatic hydroxyl groups is 1. The summed E-state index contributed by atoms with van der Waals surface area (Å²) < 4.78 is 0. The molecule has 0 radical (unpaired) electrons. The minimum Gasteiger partial charge on any atom is -0.508 e. The van der Waals surface area contributed by atoms with E-state index < -0.39 is 0 Å². The SMILES string of the molecule is Cc1ccc(NC(=O)c2ccc(Sc3ccc(O)cc3)c(Nc3ncnc4nc(C(C)C)ccc34)c2)cc1. The number of hydrogen-bond donors (Lipinski definition) is 3. The molecule has 3 N–H and O–H groups in total. The van der Waals surface area contributed by atoms with E-state index in [1.54, 1.807) is 18.2 Å². The van der Waals surface area contributed by atoms with Crippen LogP contribution in [0.4, 0.5) is 17.2 Å². The van der Waals surface area contributed by atoms with Gasteiger partial charge in [-0.1, -0.05) is 43.3 Å². The van der Waals surface area contributed by atoms with Gasteiger partial charge in [-0.25, -0.2) is 15.0 Å². The molecule has 8 heteroatoms. The van der Waals surface area contributed by atoms with Gasteiger partial charge in [-0.05, 0) is 79.6 Å². The average molecular weight is 522 g/mol. The lowest BCUT2D eigenvalue weighted by Crippen LogP contribution is -2.12. The Labute approximate surface area is 225 Å². The monoisotopic (exact) mass is 521 g/mol. The third kappa shape index (κ3) is 5.76. The van der Waals surface area contributed by atoms with E-state index in [0.717, 1.165) is 32.1 Å². The number of hydrogen-bond acceptors (Lipinski definition) is 7. The molecule has 2 aromatic heterocycles. The molecule has 3 aromatic carbocycles. The number of benzene rings is 3. The number of phenolic OH excluding ortho intramolecular Hbond substituents is 1. The number of aryl methyl sites for hydroxylation is 1. The maximum absolute atomic E-state index is 13.1. The largest absolute Gasteiger partial charge is 0.508 e. The number of rotatable bonds is 7. The Morgan fingerprint density at radius 3 is 2.42 bits per heavy atom. The van der Waals surface area contributed by atoms with E-state index in [-0.39, 0.29) is 17.6 Å². The first kappa shape index (κ1) is 25.2. The fourth-order valence-electron chi connectivity index (χ4n) is 3.85. The summed E-state index contributed by atoms with van der Waals surface area (Å²) in [7, 11) is 0. The summed E-state index contributed by atoms with van der Waals surface area (Å²) >= 11 is 1.52. The number of phenols is 1. The van der Waals surface area contributed by atoms with Crippen molar-refractivity contribution in [3.63, 3.8) is 0 Å². The summed E-state index contributed by atoms with van der Waals surface area (Å²) in [5.41, 5.74) is 4.63. The zero-order valence-electron chi connectivity index (χ0n) is 21.3. The van der Waals surface area contributed by atoms with Crippen molar-refractivity contribution in [3.05, 3.63) is 102 Å². The molecule has 0 aliphatic carbocycles. The van der Waals surface area contributed by atoms with E-state index in [1.165, 1.54) is 18.1 Å². The molecule has 2 heterocycles. The zero-order chi connectivity index (χ0) is 26.6. The lowest BCUT2D eigenvalue weighted by Gasteiger charge is -2.15. The van der Waals surface area contributed by atoms with Crippen molar-refractivity contribution < 1.29 is 9.90 Å². The molecular weight excluding hydrogens is 494 g/mol. The number of pyridine rings is 1. The van der Waals surface area contributed by atoms with Crippen molar-refractivity contribution in [3.8, 4) is 5.75 Å². The highest BCUT2D eigenvalue weighted by molar-refractivity contribution is 7.99. The predicted octanol–water partition coefficient (Wildman–Crippen LogP) is 7.31. The number of carbonyl (C=O) groups is 1. The van der Waals surface area contributed by atoms with Gasteiger partial charge < -0.3 is 15.7 Å². The van der Waals surface area contributed by atoms with Crippen molar-refractivity contribution in [2.45, 2.75) is 36.5 Å². The van der Waals surface area contributed by atoms with E-state index in [1.807, 2.05) is 67.6 Å². The summed E-state index contributed by atoms with van der Waals surface area (Å²) in [5, 5.41) is 16.8. The summed E-state index contributed by atoms with van der Waals surface area (Å²) in [6.45, 7) is 6.19. The second kappa shape index (κ2) is 10.9. The second-order valence-corrected chi connectivity index (χ2v) is 10.4. The van der Waals surface area contributed by atoms with Crippen molar-refractivity contribution in [2.24, 2.45) is 0 Å². The number of aromatic nitrogens is 3. The molecule has 5 rings (SSSR count). The summed E-state index contributed by atoms with van der Waals surface area (Å²) in [4.78, 5) is 28.5. The van der Waals surface area contributed by atoms with Crippen molar-refractivity contribution >= 4 is 45.9 Å². The number of anilines is 3. The van der Waals surface area contributed by atoms with Crippen LogP contribution in [-0.2, 0) is 0 Å². The Hall–Kier alpha value is -4.43. The van der Waals surface area contributed by atoms with Gasteiger partial charge in [-0.15, -0.1) is 0 Å². The molecule has 0 fully saturated rings. The smallest absolute Gasteiger partial charge is 0.255 e. The van der Waals surface area contributed by atoms with Gasteiger partial charge in [0.1, 0.15) is 17.9 Å². The predicted molar refractivity (Wildman–Crippen MR) is 153 cm³/mol. The summed E-state index contributed by atoms with van der Waals surface area (Å²) in [6, 6.07) is 24.1. The molecule has 0 aliphatic rings. The Morgan fingerprint density at radius 2 is 1.68 bits per heavy atom. The van der Waals surface area contributed by atoms with Crippen molar-refractivity contribution in [2.75, 3.05) is 10.6 Å². The third-order valence-electron chi connectivity index (χ3n) is 5.98. The Balaban J connectivity index is 1.51. The molecule has 0 spiro atoms. The van der Waals surface area contributed by atoms with E-state index >= 15 is 0 Å². The molecule has 190 valence electrons. The Morgan fingerprint density at radius 1 is 0.921 bits per heavy atom. The van der Waals surface area contributed by atoms with Crippen LogP contribution in [0.2, 0.25) is 0 Å². The number of nitrogens with zero attached hydrogens (tertiary/aromatic N) is 3. The first-order valence-corrected chi connectivity index (χ1v) is 13.0. The van der Waals surface area contributed by atoms with Crippen LogP contribution in [0.3, 0.4) is 0 Å². The molecule has 0 saturated heterocycles. The maximum Gasteiger partial charge on any atom is 0.255 e. The minimum atomic E-state index is -0.214. The number of nitrogens with one attached hydrogen (secondary N) is 2. The van der Waals surface area contributed by atoms with Crippen LogP contribution < -0.4 is 10.6 Å². The molecule has 0 bridgehead atoms. The van der Waals surface area contributed by atoms with Gasteiger partial charge in [-0.3, -0.25) is 4.79 Å². The van der Waals surface area contributed by atoms with E-state index in [0.29, 0.717) is 22.7 Å². The minimum absolute atomic E-state index is 0.205. The first-order valence-electron chi connectivity index (χ1n) is 12.2. The standard InChI is InChI=1S/C30H27N5O2S/c1-18(2)25-14-13-24-28(34-25)31-17-32-29(24)35-26-16-20(30(37)33-21-7-4-19(3)5-8-21)6-15-27(26)38-23-11-9-22(36)10-12-23/h4-18,36H,1-3H3,(H,33,37)(H,31,32,34,35). The summed E-state index contributed by atoms with van der Waals surface area (Å²) in [5.74, 6) is 0.870. The van der Waals surface area contributed by atoms with Gasteiger partial charge in [0.15, 0.2) is 5.65 Å². The van der Waals surface area contributed by atoms with Gasteiger partial charge in [0.2, 0.25) is 0 Å². The highest BCUT2D eigenvalue weighted by Crippen LogP contribution is 2.37. The highest BCUT2D eigenvalue weighted by atomic mass is 32.2. The molecule has 0 aliphatic heterocycles. The van der Waals surface area contributed by atoms with Crippen LogP contribution in [0.1, 0.15) is 41.4 Å². The maximum atomic E-state index is 13.1. The van der Waals surface area contributed by atoms with Gasteiger partial charge in [0.25, 0.3) is 5.91 Å². The highest BCUT2D eigenvalue weighted by Gasteiger charge is 2.15. The molecule has 0 atom stereocenters. The van der Waals surface area contributed by atoms with E-state index in [4.69, 9.17) is 4.98 Å². The fourth-order valence-corrected chi connectivity index (χ4v) is 4.73. The quantitative estimate of drug-likeness (QED) is 0.206. The fraction of sp³-hybridized carbons (Fsp3) is 0.133. The van der Waals surface area contributed by atoms with Crippen LogP contribution >= 0.6 is 11.8 Å². The molecule has 38 heavy (non-hydrogen) atoms. The van der Waals surface area contributed by atoms with E-state index in [2.05, 4.69) is 34.4 Å². The van der Waals surface area contributed by atoms with Gasteiger partial charge in [0, 0.05) is 26.7 Å². The van der Waals surface area contributed by atoms with Crippen LogP contribution in [0.15, 0.2) is 95.0 Å². The molecule has 0 unspecified atom stereocenters. The third-order valence-corrected chi connectivity index (χ3v) is 7.06. The molecule has 1 amide bonds. The van der Waals surface area contributed by atoms with Crippen LogP contribution in [0.25, 0.3) is 11.0 Å².